The summed E-state index contributed by atoms with van der Waals surface area (Å²) in [5.41, 5.74) is 2.27. The van der Waals surface area contributed by atoms with Crippen LogP contribution in [0.4, 0.5) is 5.69 Å². The number of hydrogen-bond donors (Lipinski definition) is 2. The lowest BCUT2D eigenvalue weighted by molar-refractivity contribution is 0.102. The molecule has 0 aliphatic carbocycles. The SMILES string of the molecule is CCc1cc(O)ccc1NC(=O)c1ccccc1. The number of benzene rings is 2. The van der Waals surface area contributed by atoms with Crippen molar-refractivity contribution < 1.29 is 9.90 Å². The molecule has 92 valence electrons. The number of aromatic hydroxyl groups is 1. The van der Waals surface area contributed by atoms with Gasteiger partial charge in [0.2, 0.25) is 0 Å². The Morgan fingerprint density at radius 3 is 2.56 bits per heavy atom. The average Bonchev–Trinajstić information content (AvgIpc) is 2.41. The van der Waals surface area contributed by atoms with Gasteiger partial charge >= 0.3 is 0 Å². The van der Waals surface area contributed by atoms with E-state index >= 15 is 0 Å². The van der Waals surface area contributed by atoms with Gasteiger partial charge in [0.05, 0.1) is 0 Å². The van der Waals surface area contributed by atoms with E-state index in [1.165, 1.54) is 0 Å². The molecule has 0 radical (unpaired) electrons. The van der Waals surface area contributed by atoms with Gasteiger partial charge in [0.1, 0.15) is 5.75 Å². The third kappa shape index (κ3) is 2.69. The summed E-state index contributed by atoms with van der Waals surface area (Å²) >= 11 is 0. The molecule has 0 bridgehead atoms. The highest BCUT2D eigenvalue weighted by molar-refractivity contribution is 6.04. The van der Waals surface area contributed by atoms with Crippen LogP contribution >= 0.6 is 0 Å². The molecule has 3 heteroatoms. The molecular formula is C15H15NO2. The predicted octanol–water partition coefficient (Wildman–Crippen LogP) is 3.21. The van der Waals surface area contributed by atoms with Crippen LogP contribution in [0.1, 0.15) is 22.8 Å². The molecule has 0 aliphatic heterocycles. The largest absolute Gasteiger partial charge is 0.508 e. The number of nitrogens with one attached hydrogen (secondary N) is 1. The van der Waals surface area contributed by atoms with Crippen LogP contribution in [0.25, 0.3) is 0 Å². The summed E-state index contributed by atoms with van der Waals surface area (Å²) in [7, 11) is 0. The number of rotatable bonds is 3. The molecule has 3 nitrogen and oxygen atoms in total. The van der Waals surface area contributed by atoms with E-state index in [1.807, 2.05) is 25.1 Å². The van der Waals surface area contributed by atoms with Crippen molar-refractivity contribution in [1.29, 1.82) is 0 Å². The van der Waals surface area contributed by atoms with Crippen molar-refractivity contribution >= 4 is 11.6 Å². The topological polar surface area (TPSA) is 49.3 Å². The van der Waals surface area contributed by atoms with Crippen LogP contribution in [-0.2, 0) is 6.42 Å². The van der Waals surface area contributed by atoms with Gasteiger partial charge in [-0.1, -0.05) is 25.1 Å². The number of phenols is 1. The van der Waals surface area contributed by atoms with Gasteiger partial charge in [0.25, 0.3) is 5.91 Å². The van der Waals surface area contributed by atoms with Crippen molar-refractivity contribution in [3.63, 3.8) is 0 Å². The zero-order valence-electron chi connectivity index (χ0n) is 10.2. The summed E-state index contributed by atoms with van der Waals surface area (Å²) in [5.74, 6) is 0.0700. The van der Waals surface area contributed by atoms with Crippen LogP contribution in [0.15, 0.2) is 48.5 Å². The van der Waals surface area contributed by atoms with Gasteiger partial charge in [-0.15, -0.1) is 0 Å². The van der Waals surface area contributed by atoms with Crippen molar-refractivity contribution in [3.05, 3.63) is 59.7 Å². The monoisotopic (exact) mass is 241 g/mol. The third-order valence-corrected chi connectivity index (χ3v) is 2.75. The first-order chi connectivity index (χ1) is 8.70. The van der Waals surface area contributed by atoms with Gasteiger partial charge < -0.3 is 10.4 Å². The molecule has 0 saturated heterocycles. The summed E-state index contributed by atoms with van der Waals surface area (Å²) in [4.78, 5) is 12.0. The normalized spacial score (nSPS) is 10.1. The van der Waals surface area contributed by atoms with Gasteiger partial charge in [-0.05, 0) is 42.3 Å². The molecule has 2 aromatic rings. The van der Waals surface area contributed by atoms with Crippen LogP contribution < -0.4 is 5.32 Å². The lowest BCUT2D eigenvalue weighted by Crippen LogP contribution is -2.12. The second-order valence-corrected chi connectivity index (χ2v) is 4.02. The first-order valence-corrected chi connectivity index (χ1v) is 5.89. The number of anilines is 1. The van der Waals surface area contributed by atoms with Gasteiger partial charge in [0, 0.05) is 11.3 Å². The molecule has 2 rings (SSSR count). The van der Waals surface area contributed by atoms with Crippen LogP contribution in [0.3, 0.4) is 0 Å². The Balaban J connectivity index is 2.22. The van der Waals surface area contributed by atoms with E-state index < -0.39 is 0 Å². The first kappa shape index (κ1) is 12.2. The summed E-state index contributed by atoms with van der Waals surface area (Å²) < 4.78 is 0. The number of amides is 1. The molecule has 0 spiro atoms. The van der Waals surface area contributed by atoms with E-state index in [0.29, 0.717) is 5.56 Å². The van der Waals surface area contributed by atoms with Crippen LogP contribution in [0, 0.1) is 0 Å². The minimum atomic E-state index is -0.143. The van der Waals surface area contributed by atoms with E-state index in [9.17, 15) is 9.90 Å². The van der Waals surface area contributed by atoms with E-state index in [-0.39, 0.29) is 11.7 Å². The fraction of sp³-hybridized carbons (Fsp3) is 0.133. The molecule has 0 heterocycles. The van der Waals surface area contributed by atoms with Gasteiger partial charge in [-0.25, -0.2) is 0 Å². The smallest absolute Gasteiger partial charge is 0.255 e. The Morgan fingerprint density at radius 2 is 1.89 bits per heavy atom. The second-order valence-electron chi connectivity index (χ2n) is 4.02. The maximum absolute atomic E-state index is 12.0. The van der Waals surface area contributed by atoms with Gasteiger partial charge in [-0.2, -0.15) is 0 Å². The number of carbonyl (C=O) groups is 1. The molecule has 18 heavy (non-hydrogen) atoms. The van der Waals surface area contributed by atoms with Crippen LogP contribution in [0.2, 0.25) is 0 Å². The van der Waals surface area contributed by atoms with Crippen LogP contribution in [0.5, 0.6) is 5.75 Å². The van der Waals surface area contributed by atoms with Crippen molar-refractivity contribution in [1.82, 2.24) is 0 Å². The molecule has 0 saturated carbocycles. The van der Waals surface area contributed by atoms with Crippen molar-refractivity contribution in [2.45, 2.75) is 13.3 Å². The quantitative estimate of drug-likeness (QED) is 0.811. The summed E-state index contributed by atoms with van der Waals surface area (Å²) in [5, 5.41) is 12.3. The summed E-state index contributed by atoms with van der Waals surface area (Å²) in [6.45, 7) is 1.98. The molecule has 0 aromatic heterocycles. The number of hydrogen-bond acceptors (Lipinski definition) is 2. The van der Waals surface area contributed by atoms with Gasteiger partial charge in [-0.3, -0.25) is 4.79 Å². The van der Waals surface area contributed by atoms with Crippen molar-refractivity contribution in [3.8, 4) is 5.75 Å². The van der Waals surface area contributed by atoms with Crippen LogP contribution in [-0.4, -0.2) is 11.0 Å². The number of phenolic OH excluding ortho intramolecular Hbond substituents is 1. The maximum Gasteiger partial charge on any atom is 0.255 e. The Bertz CT molecular complexity index is 550. The average molecular weight is 241 g/mol. The fourth-order valence-corrected chi connectivity index (χ4v) is 1.78. The highest BCUT2D eigenvalue weighted by Crippen LogP contribution is 2.22. The highest BCUT2D eigenvalue weighted by Gasteiger charge is 2.08. The fourth-order valence-electron chi connectivity index (χ4n) is 1.78. The second kappa shape index (κ2) is 5.36. The standard InChI is InChI=1S/C15H15NO2/c1-2-11-10-13(17)8-9-14(11)16-15(18)12-6-4-3-5-7-12/h3-10,17H,2H2,1H3,(H,16,18). The Kier molecular flexibility index (Phi) is 3.63. The molecule has 0 unspecified atom stereocenters. The first-order valence-electron chi connectivity index (χ1n) is 5.89. The molecule has 0 atom stereocenters. The van der Waals surface area contributed by atoms with E-state index in [1.54, 1.807) is 30.3 Å². The maximum atomic E-state index is 12.0. The lowest BCUT2D eigenvalue weighted by Gasteiger charge is -2.10. The zero-order chi connectivity index (χ0) is 13.0. The van der Waals surface area contributed by atoms with E-state index in [4.69, 9.17) is 0 Å². The molecule has 2 aromatic carbocycles. The lowest BCUT2D eigenvalue weighted by atomic mass is 10.1. The highest BCUT2D eigenvalue weighted by atomic mass is 16.3. The molecule has 2 N–H and O–H groups in total. The Hall–Kier alpha value is -2.29. The zero-order valence-corrected chi connectivity index (χ0v) is 10.2. The van der Waals surface area contributed by atoms with E-state index in [0.717, 1.165) is 17.7 Å². The summed E-state index contributed by atoms with van der Waals surface area (Å²) in [6.07, 6.45) is 0.749. The Morgan fingerprint density at radius 1 is 1.17 bits per heavy atom. The summed E-state index contributed by atoms with van der Waals surface area (Å²) in [6, 6.07) is 14.0. The molecular weight excluding hydrogens is 226 g/mol. The molecule has 0 fully saturated rings. The van der Waals surface area contributed by atoms with Gasteiger partial charge in [0.15, 0.2) is 0 Å². The molecule has 1 amide bonds. The predicted molar refractivity (Wildman–Crippen MR) is 71.9 cm³/mol. The van der Waals surface area contributed by atoms with Crippen molar-refractivity contribution in [2.24, 2.45) is 0 Å². The molecule has 0 aliphatic rings. The third-order valence-electron chi connectivity index (χ3n) is 2.75. The minimum absolute atomic E-state index is 0.143. The van der Waals surface area contributed by atoms with E-state index in [2.05, 4.69) is 5.32 Å². The number of aryl methyl sites for hydroxylation is 1. The Labute approximate surface area is 106 Å². The number of carbonyl (C=O) groups excluding carboxylic acids is 1. The minimum Gasteiger partial charge on any atom is -0.508 e. The van der Waals surface area contributed by atoms with Crippen molar-refractivity contribution in [2.75, 3.05) is 5.32 Å².